The highest BCUT2D eigenvalue weighted by molar-refractivity contribution is 5.78. The molecule has 1 aliphatic heterocycles. The molecule has 2 fully saturated rings. The summed E-state index contributed by atoms with van der Waals surface area (Å²) in [6.07, 6.45) is 4.25. The zero-order valence-electron chi connectivity index (χ0n) is 12.1. The number of amides is 1. The predicted octanol–water partition coefficient (Wildman–Crippen LogP) is 2.32. The first-order valence-electron chi connectivity index (χ1n) is 7.21. The van der Waals surface area contributed by atoms with E-state index >= 15 is 0 Å². The molecule has 4 heteroatoms. The minimum Gasteiger partial charge on any atom is -0.497 e. The van der Waals surface area contributed by atoms with E-state index in [2.05, 4.69) is 6.07 Å². The van der Waals surface area contributed by atoms with Gasteiger partial charge in [-0.3, -0.25) is 4.79 Å². The third-order valence-electron chi connectivity index (χ3n) is 4.69. The van der Waals surface area contributed by atoms with Crippen molar-refractivity contribution in [1.29, 1.82) is 0 Å². The van der Waals surface area contributed by atoms with E-state index in [1.54, 1.807) is 7.11 Å². The van der Waals surface area contributed by atoms with Crippen molar-refractivity contribution in [2.24, 2.45) is 0 Å². The molecule has 20 heavy (non-hydrogen) atoms. The minimum absolute atomic E-state index is 0.0791. The summed E-state index contributed by atoms with van der Waals surface area (Å²) >= 11 is 0. The van der Waals surface area contributed by atoms with Gasteiger partial charge in [0.1, 0.15) is 18.0 Å². The third-order valence-corrected chi connectivity index (χ3v) is 4.69. The lowest BCUT2D eigenvalue weighted by Crippen LogP contribution is -2.60. The Morgan fingerprint density at radius 2 is 2.25 bits per heavy atom. The van der Waals surface area contributed by atoms with Crippen molar-refractivity contribution < 1.29 is 14.3 Å². The molecule has 108 valence electrons. The molecule has 1 aromatic rings. The number of nitrogens with zero attached hydrogens (tertiary/aromatic N) is 1. The Morgan fingerprint density at radius 3 is 3.05 bits per heavy atom. The average molecular weight is 275 g/mol. The largest absolute Gasteiger partial charge is 0.497 e. The zero-order chi connectivity index (χ0) is 14.2. The Labute approximate surface area is 119 Å². The van der Waals surface area contributed by atoms with E-state index in [4.69, 9.17) is 9.47 Å². The molecule has 1 saturated heterocycles. The minimum atomic E-state index is -0.366. The van der Waals surface area contributed by atoms with Gasteiger partial charge < -0.3 is 14.4 Å². The fraction of sp³-hybridized carbons (Fsp3) is 0.562. The molecule has 1 aliphatic carbocycles. The molecule has 0 radical (unpaired) electrons. The van der Waals surface area contributed by atoms with Crippen LogP contribution in [0.2, 0.25) is 0 Å². The van der Waals surface area contributed by atoms with Gasteiger partial charge in [0.15, 0.2) is 0 Å². The molecule has 1 amide bonds. The summed E-state index contributed by atoms with van der Waals surface area (Å²) in [5.74, 6) is 0.916. The number of rotatable bonds is 2. The van der Waals surface area contributed by atoms with Gasteiger partial charge in [0.05, 0.1) is 13.2 Å². The van der Waals surface area contributed by atoms with Gasteiger partial charge in [-0.25, -0.2) is 0 Å². The van der Waals surface area contributed by atoms with Crippen molar-refractivity contribution in [1.82, 2.24) is 4.90 Å². The average Bonchev–Trinajstić information content (AvgIpc) is 2.51. The predicted molar refractivity (Wildman–Crippen MR) is 75.7 cm³/mol. The summed E-state index contributed by atoms with van der Waals surface area (Å²) in [4.78, 5) is 13.8. The summed E-state index contributed by atoms with van der Waals surface area (Å²) in [6.45, 7) is 0.171. The SMILES string of the molecule is COc1cccc(C23CCCCC2N(C)C(=O)CO3)c1. The number of hydrogen-bond donors (Lipinski definition) is 0. The van der Waals surface area contributed by atoms with Gasteiger partial charge in [0, 0.05) is 7.05 Å². The smallest absolute Gasteiger partial charge is 0.248 e. The second kappa shape index (κ2) is 5.09. The normalized spacial score (nSPS) is 30.0. The van der Waals surface area contributed by atoms with Crippen LogP contribution in [0.15, 0.2) is 24.3 Å². The van der Waals surface area contributed by atoms with Crippen LogP contribution in [0.3, 0.4) is 0 Å². The van der Waals surface area contributed by atoms with E-state index in [1.165, 1.54) is 0 Å². The van der Waals surface area contributed by atoms with Crippen LogP contribution in [0.5, 0.6) is 5.75 Å². The maximum atomic E-state index is 11.9. The standard InChI is InChI=1S/C16H21NO3/c1-17-14-8-3-4-9-16(14,20-11-15(17)18)12-6-5-7-13(10-12)19-2/h5-7,10,14H,3-4,8-9,11H2,1-2H3. The molecule has 4 nitrogen and oxygen atoms in total. The van der Waals surface area contributed by atoms with E-state index in [1.807, 2.05) is 30.1 Å². The molecule has 2 aliphatic rings. The number of carbonyl (C=O) groups is 1. The van der Waals surface area contributed by atoms with E-state index in [0.717, 1.165) is 37.0 Å². The van der Waals surface area contributed by atoms with E-state index < -0.39 is 0 Å². The maximum absolute atomic E-state index is 11.9. The number of likely N-dealkylation sites (N-methyl/N-ethyl adjacent to an activating group) is 1. The number of ether oxygens (including phenoxy) is 2. The Hall–Kier alpha value is -1.55. The van der Waals surface area contributed by atoms with Gasteiger partial charge in [-0.15, -0.1) is 0 Å². The second-order valence-electron chi connectivity index (χ2n) is 5.68. The molecule has 3 rings (SSSR count). The molecule has 1 heterocycles. The lowest BCUT2D eigenvalue weighted by atomic mass is 9.74. The molecule has 2 atom stereocenters. The Balaban J connectivity index is 2.03. The molecule has 0 spiro atoms. The van der Waals surface area contributed by atoms with Crippen LogP contribution in [0.4, 0.5) is 0 Å². The van der Waals surface area contributed by atoms with Gasteiger partial charge in [-0.1, -0.05) is 25.0 Å². The first-order valence-corrected chi connectivity index (χ1v) is 7.21. The van der Waals surface area contributed by atoms with Crippen LogP contribution in [0.1, 0.15) is 31.2 Å². The number of morpholine rings is 1. The second-order valence-corrected chi connectivity index (χ2v) is 5.68. The molecule has 0 N–H and O–H groups in total. The number of hydrogen-bond acceptors (Lipinski definition) is 3. The summed E-state index contributed by atoms with van der Waals surface area (Å²) < 4.78 is 11.4. The molecular weight excluding hydrogens is 254 g/mol. The van der Waals surface area contributed by atoms with Crippen LogP contribution >= 0.6 is 0 Å². The molecule has 0 aromatic heterocycles. The first-order chi connectivity index (χ1) is 9.67. The highest BCUT2D eigenvalue weighted by Crippen LogP contribution is 2.45. The summed E-state index contributed by atoms with van der Waals surface area (Å²) in [6, 6.07) is 8.20. The number of methoxy groups -OCH3 is 1. The summed E-state index contributed by atoms with van der Waals surface area (Å²) in [7, 11) is 3.57. The van der Waals surface area contributed by atoms with Crippen molar-refractivity contribution >= 4 is 5.91 Å². The van der Waals surface area contributed by atoms with Crippen LogP contribution in [-0.2, 0) is 15.1 Å². The highest BCUT2D eigenvalue weighted by atomic mass is 16.5. The van der Waals surface area contributed by atoms with Crippen LogP contribution < -0.4 is 4.74 Å². The highest BCUT2D eigenvalue weighted by Gasteiger charge is 2.49. The molecule has 0 bridgehead atoms. The monoisotopic (exact) mass is 275 g/mol. The van der Waals surface area contributed by atoms with Crippen LogP contribution in [0, 0.1) is 0 Å². The van der Waals surface area contributed by atoms with Gasteiger partial charge in [0.25, 0.3) is 0 Å². The van der Waals surface area contributed by atoms with Gasteiger partial charge >= 0.3 is 0 Å². The molecule has 2 unspecified atom stereocenters. The fourth-order valence-corrected chi connectivity index (χ4v) is 3.57. The quantitative estimate of drug-likeness (QED) is 0.831. The van der Waals surface area contributed by atoms with Gasteiger partial charge in [-0.2, -0.15) is 0 Å². The Bertz CT molecular complexity index is 516. The van der Waals surface area contributed by atoms with Crippen LogP contribution in [-0.4, -0.2) is 37.6 Å². The lowest BCUT2D eigenvalue weighted by molar-refractivity contribution is -0.186. The van der Waals surface area contributed by atoms with Gasteiger partial charge in [0.2, 0.25) is 5.91 Å². The Kier molecular flexibility index (Phi) is 3.42. The molecule has 1 saturated carbocycles. The number of fused-ring (bicyclic) bond motifs is 1. The van der Waals surface area contributed by atoms with Crippen molar-refractivity contribution in [3.63, 3.8) is 0 Å². The van der Waals surface area contributed by atoms with Crippen LogP contribution in [0.25, 0.3) is 0 Å². The number of carbonyl (C=O) groups excluding carboxylic acids is 1. The van der Waals surface area contributed by atoms with Crippen molar-refractivity contribution in [3.8, 4) is 5.75 Å². The van der Waals surface area contributed by atoms with E-state index in [0.29, 0.717) is 0 Å². The first kappa shape index (κ1) is 13.4. The van der Waals surface area contributed by atoms with Crippen molar-refractivity contribution in [3.05, 3.63) is 29.8 Å². The number of benzene rings is 1. The fourth-order valence-electron chi connectivity index (χ4n) is 3.57. The van der Waals surface area contributed by atoms with E-state index in [-0.39, 0.29) is 24.2 Å². The summed E-state index contributed by atoms with van der Waals surface area (Å²) in [5, 5.41) is 0. The summed E-state index contributed by atoms with van der Waals surface area (Å²) in [5.41, 5.74) is 0.760. The van der Waals surface area contributed by atoms with Crippen molar-refractivity contribution in [2.75, 3.05) is 20.8 Å². The lowest BCUT2D eigenvalue weighted by Gasteiger charge is -2.51. The Morgan fingerprint density at radius 1 is 1.40 bits per heavy atom. The molecule has 1 aromatic carbocycles. The maximum Gasteiger partial charge on any atom is 0.248 e. The zero-order valence-corrected chi connectivity index (χ0v) is 12.1. The van der Waals surface area contributed by atoms with Crippen molar-refractivity contribution in [2.45, 2.75) is 37.3 Å². The van der Waals surface area contributed by atoms with Gasteiger partial charge in [-0.05, 0) is 30.5 Å². The molecular formula is C16H21NO3. The topological polar surface area (TPSA) is 38.8 Å². The van der Waals surface area contributed by atoms with E-state index in [9.17, 15) is 4.79 Å². The third kappa shape index (κ3) is 1.99.